The number of nitrogens with one attached hydrogen (secondary N) is 2. The van der Waals surface area contributed by atoms with E-state index in [1.807, 2.05) is 36.4 Å². The molecule has 0 fully saturated rings. The van der Waals surface area contributed by atoms with E-state index in [2.05, 4.69) is 75.4 Å². The maximum absolute atomic E-state index is 8.95. The molecular weight excluding hydrogens is 424 g/mol. The van der Waals surface area contributed by atoms with Crippen molar-refractivity contribution in [3.63, 3.8) is 0 Å². The van der Waals surface area contributed by atoms with E-state index in [0.717, 1.165) is 50.4 Å². The van der Waals surface area contributed by atoms with Crippen LogP contribution in [0.25, 0.3) is 57.5 Å². The van der Waals surface area contributed by atoms with Gasteiger partial charge in [0.1, 0.15) is 0 Å². The molecule has 34 heavy (non-hydrogen) atoms. The molecular formula is C28H22N4O2. The minimum Gasteiger partial charge on any atom is -0.471 e. The molecule has 6 heteroatoms. The van der Waals surface area contributed by atoms with E-state index in [1.54, 1.807) is 0 Å². The van der Waals surface area contributed by atoms with Gasteiger partial charge in [0, 0.05) is 27.6 Å². The Kier molecular flexibility index (Phi) is 5.86. The van der Waals surface area contributed by atoms with Gasteiger partial charge in [-0.25, -0.2) is 9.97 Å². The highest BCUT2D eigenvalue weighted by molar-refractivity contribution is 5.87. The third kappa shape index (κ3) is 4.71. The maximum atomic E-state index is 8.95. The average molecular weight is 447 g/mol. The van der Waals surface area contributed by atoms with Crippen molar-refractivity contribution in [2.75, 3.05) is 7.11 Å². The van der Waals surface area contributed by atoms with Crippen LogP contribution in [0.2, 0.25) is 0 Å². The highest BCUT2D eigenvalue weighted by Crippen LogP contribution is 2.27. The summed E-state index contributed by atoms with van der Waals surface area (Å²) in [6.07, 6.45) is 8.16. The van der Waals surface area contributed by atoms with E-state index >= 15 is 0 Å². The zero-order valence-corrected chi connectivity index (χ0v) is 18.5. The molecule has 0 amide bonds. The lowest BCUT2D eigenvalue weighted by Gasteiger charge is -1.97. The van der Waals surface area contributed by atoms with E-state index in [-0.39, 0.29) is 0 Å². The summed E-state index contributed by atoms with van der Waals surface area (Å²) in [4.78, 5) is 25.4. The molecule has 2 N–H and O–H groups in total. The van der Waals surface area contributed by atoms with Gasteiger partial charge < -0.3 is 14.7 Å². The first-order chi connectivity index (χ1) is 16.7. The Morgan fingerprint density at radius 2 is 1.21 bits per heavy atom. The SMILES string of the molecule is C1=Cc2cc3cc(-c4ccccc4)c(cc4nc(cc5ccc(cc1n2)[nH]5)C=C4)[nH]3.COC=O. The van der Waals surface area contributed by atoms with Gasteiger partial charge in [0.2, 0.25) is 0 Å². The normalized spacial score (nSPS) is 11.6. The second kappa shape index (κ2) is 9.42. The van der Waals surface area contributed by atoms with Gasteiger partial charge in [-0.15, -0.1) is 0 Å². The quantitative estimate of drug-likeness (QED) is 0.314. The number of carbonyl (C=O) groups is 1. The van der Waals surface area contributed by atoms with Crippen LogP contribution in [-0.4, -0.2) is 33.5 Å². The first-order valence-electron chi connectivity index (χ1n) is 10.8. The highest BCUT2D eigenvalue weighted by atomic mass is 16.5. The molecule has 6 nitrogen and oxygen atoms in total. The number of rotatable bonds is 2. The number of aromatic amines is 2. The molecule has 0 saturated carbocycles. The number of carbonyl (C=O) groups excluding carboxylic acids is 1. The van der Waals surface area contributed by atoms with Gasteiger partial charge in [0.05, 0.1) is 29.9 Å². The van der Waals surface area contributed by atoms with Gasteiger partial charge in [0.25, 0.3) is 6.47 Å². The van der Waals surface area contributed by atoms with Gasteiger partial charge in [0.15, 0.2) is 0 Å². The monoisotopic (exact) mass is 446 g/mol. The van der Waals surface area contributed by atoms with E-state index in [1.165, 1.54) is 12.7 Å². The molecule has 0 unspecified atom stereocenters. The molecule has 8 bridgehead atoms. The molecule has 6 rings (SSSR count). The Morgan fingerprint density at radius 3 is 1.76 bits per heavy atom. The lowest BCUT2D eigenvalue weighted by molar-refractivity contribution is -0.126. The van der Waals surface area contributed by atoms with Gasteiger partial charge in [-0.1, -0.05) is 30.3 Å². The lowest BCUT2D eigenvalue weighted by atomic mass is 10.1. The summed E-state index contributed by atoms with van der Waals surface area (Å²) in [7, 11) is 1.31. The first-order valence-corrected chi connectivity index (χ1v) is 10.8. The molecule has 0 atom stereocenters. The van der Waals surface area contributed by atoms with Crippen molar-refractivity contribution in [2.45, 2.75) is 0 Å². The molecule has 2 aliphatic rings. The summed E-state index contributed by atoms with van der Waals surface area (Å²) in [5.74, 6) is 0. The summed E-state index contributed by atoms with van der Waals surface area (Å²) >= 11 is 0. The fourth-order valence-electron chi connectivity index (χ4n) is 3.87. The molecule has 4 aromatic rings. The minimum atomic E-state index is 0.375. The van der Waals surface area contributed by atoms with Crippen LogP contribution in [0.4, 0.5) is 0 Å². The predicted molar refractivity (Wildman–Crippen MR) is 137 cm³/mol. The summed E-state index contributed by atoms with van der Waals surface area (Å²) in [5.41, 5.74) is 10.1. The van der Waals surface area contributed by atoms with Gasteiger partial charge >= 0.3 is 0 Å². The van der Waals surface area contributed by atoms with Crippen LogP contribution in [-0.2, 0) is 9.53 Å². The summed E-state index contributed by atoms with van der Waals surface area (Å²) in [6, 6.07) is 25.0. The predicted octanol–water partition coefficient (Wildman–Crippen LogP) is 6.11. The number of ether oxygens (including phenoxy) is 1. The number of hydrogen-bond acceptors (Lipinski definition) is 4. The second-order valence-corrected chi connectivity index (χ2v) is 7.79. The Bertz CT molecular complexity index is 1560. The van der Waals surface area contributed by atoms with Crippen molar-refractivity contribution in [3.05, 3.63) is 95.6 Å². The van der Waals surface area contributed by atoms with Crippen LogP contribution >= 0.6 is 0 Å². The third-order valence-electron chi connectivity index (χ3n) is 5.35. The van der Waals surface area contributed by atoms with Crippen molar-refractivity contribution < 1.29 is 9.53 Å². The van der Waals surface area contributed by atoms with E-state index in [4.69, 9.17) is 14.8 Å². The number of nitrogens with zero attached hydrogens (tertiary/aromatic N) is 2. The summed E-state index contributed by atoms with van der Waals surface area (Å²) in [5, 5.41) is 0. The number of hydrogen-bond donors (Lipinski definition) is 2. The lowest BCUT2D eigenvalue weighted by Crippen LogP contribution is -1.77. The van der Waals surface area contributed by atoms with Crippen molar-refractivity contribution in [2.24, 2.45) is 0 Å². The van der Waals surface area contributed by atoms with E-state index < -0.39 is 0 Å². The van der Waals surface area contributed by atoms with Crippen LogP contribution in [0.5, 0.6) is 0 Å². The number of H-pyrrole nitrogens is 2. The molecule has 0 radical (unpaired) electrons. The molecule has 0 aliphatic carbocycles. The van der Waals surface area contributed by atoms with Crippen LogP contribution in [0.1, 0.15) is 22.8 Å². The fourth-order valence-corrected chi connectivity index (χ4v) is 3.87. The van der Waals surface area contributed by atoms with Crippen molar-refractivity contribution >= 4 is 52.8 Å². The Balaban J connectivity index is 0.000000560. The Labute approximate surface area is 196 Å². The maximum Gasteiger partial charge on any atom is 0.292 e. The van der Waals surface area contributed by atoms with Crippen LogP contribution in [0, 0.1) is 0 Å². The van der Waals surface area contributed by atoms with Gasteiger partial charge in [-0.05, 0) is 72.3 Å². The average Bonchev–Trinajstić information content (AvgIpc) is 3.65. The van der Waals surface area contributed by atoms with E-state index in [9.17, 15) is 0 Å². The Hall–Kier alpha value is -4.71. The van der Waals surface area contributed by atoms with Gasteiger partial charge in [-0.3, -0.25) is 4.79 Å². The number of methoxy groups -OCH3 is 1. The molecule has 0 spiro atoms. The van der Waals surface area contributed by atoms with Crippen molar-refractivity contribution in [3.8, 4) is 11.1 Å². The fraction of sp³-hybridized carbons (Fsp3) is 0.0357. The number of aromatic nitrogens is 4. The molecule has 2 aliphatic heterocycles. The van der Waals surface area contributed by atoms with Crippen molar-refractivity contribution in [1.82, 2.24) is 19.9 Å². The van der Waals surface area contributed by atoms with Crippen LogP contribution in [0.3, 0.4) is 0 Å². The van der Waals surface area contributed by atoms with Crippen molar-refractivity contribution in [1.29, 1.82) is 0 Å². The molecule has 5 heterocycles. The number of benzene rings is 1. The zero-order chi connectivity index (χ0) is 23.3. The summed E-state index contributed by atoms with van der Waals surface area (Å²) < 4.78 is 3.86. The van der Waals surface area contributed by atoms with E-state index in [0.29, 0.717) is 6.47 Å². The standard InChI is InChI=1S/C26H18N4.C2H4O2/c1-2-4-17(5-3-1)25-15-24-14-22-9-8-20(28-22)12-18-6-7-19(27-18)13-21-10-11-23(29-21)16-26(25)30-24;1-4-2-3/h1-16,27,30H;2H,1H3. The molecule has 0 saturated heterocycles. The molecule has 166 valence electrons. The Morgan fingerprint density at radius 1 is 0.676 bits per heavy atom. The second-order valence-electron chi connectivity index (χ2n) is 7.79. The summed E-state index contributed by atoms with van der Waals surface area (Å²) in [6.45, 7) is 0.375. The topological polar surface area (TPSA) is 83.7 Å². The first kappa shape index (κ1) is 21.2. The minimum absolute atomic E-state index is 0.375. The third-order valence-corrected chi connectivity index (χ3v) is 5.35. The largest absolute Gasteiger partial charge is 0.471 e. The van der Waals surface area contributed by atoms with Gasteiger partial charge in [-0.2, -0.15) is 0 Å². The smallest absolute Gasteiger partial charge is 0.292 e. The number of fused-ring (bicyclic) bond motifs is 8. The molecule has 3 aromatic heterocycles. The van der Waals surface area contributed by atoms with Crippen LogP contribution < -0.4 is 0 Å². The zero-order valence-electron chi connectivity index (χ0n) is 18.5. The molecule has 1 aromatic carbocycles. The van der Waals surface area contributed by atoms with Crippen LogP contribution in [0.15, 0.2) is 72.8 Å². The highest BCUT2D eigenvalue weighted by Gasteiger charge is 2.06.